The summed E-state index contributed by atoms with van der Waals surface area (Å²) < 4.78 is 7.29. The molecule has 78 valence electrons. The number of methoxy groups -OCH3 is 1. The number of hydrogen-bond donors (Lipinski definition) is 1. The molecule has 2 aromatic rings. The zero-order valence-electron chi connectivity index (χ0n) is 8.01. The second-order valence-corrected chi connectivity index (χ2v) is 4.40. The molecule has 0 aliphatic heterocycles. The Kier molecular flexibility index (Phi) is 2.75. The first-order valence-electron chi connectivity index (χ1n) is 4.26. The molecule has 0 saturated carbocycles. The minimum absolute atomic E-state index is 0.162. The highest BCUT2D eigenvalue weighted by atomic mass is 32.1. The fourth-order valence-electron chi connectivity index (χ4n) is 1.27. The Morgan fingerprint density at radius 1 is 1.33 bits per heavy atom. The second-order valence-electron chi connectivity index (χ2n) is 2.89. The summed E-state index contributed by atoms with van der Waals surface area (Å²) in [6.45, 7) is 0. The average molecular weight is 239 g/mol. The zero-order chi connectivity index (χ0) is 10.8. The molecule has 1 N–H and O–H groups in total. The van der Waals surface area contributed by atoms with Gasteiger partial charge in [0.1, 0.15) is 5.75 Å². The summed E-state index contributed by atoms with van der Waals surface area (Å²) in [4.78, 5) is 0. The number of aromatic hydroxyl groups is 1. The number of thiazole rings is 1. The van der Waals surface area contributed by atoms with Crippen LogP contribution < -0.4 is 4.74 Å². The van der Waals surface area contributed by atoms with Crippen LogP contribution in [0.2, 0.25) is 0 Å². The molecule has 0 aliphatic rings. The van der Waals surface area contributed by atoms with Gasteiger partial charge in [-0.1, -0.05) is 0 Å². The van der Waals surface area contributed by atoms with Crippen LogP contribution in [0, 0.1) is 3.95 Å². The summed E-state index contributed by atoms with van der Waals surface area (Å²) in [6.07, 6.45) is 0. The van der Waals surface area contributed by atoms with Crippen molar-refractivity contribution in [1.82, 2.24) is 4.57 Å². The van der Waals surface area contributed by atoms with Crippen molar-refractivity contribution in [2.45, 2.75) is 0 Å². The van der Waals surface area contributed by atoms with E-state index < -0.39 is 0 Å². The highest BCUT2D eigenvalue weighted by molar-refractivity contribution is 7.73. The molecule has 1 aromatic heterocycles. The Hall–Kier alpha value is -1.33. The smallest absolute Gasteiger partial charge is 0.207 e. The van der Waals surface area contributed by atoms with Gasteiger partial charge in [-0.25, -0.2) is 0 Å². The van der Waals surface area contributed by atoms with Gasteiger partial charge in [-0.3, -0.25) is 4.57 Å². The van der Waals surface area contributed by atoms with Gasteiger partial charge in [-0.15, -0.1) is 11.3 Å². The predicted molar refractivity (Wildman–Crippen MR) is 62.7 cm³/mol. The molecule has 0 radical (unpaired) electrons. The predicted octanol–water partition coefficient (Wildman–Crippen LogP) is 2.98. The van der Waals surface area contributed by atoms with Crippen molar-refractivity contribution in [2.24, 2.45) is 0 Å². The largest absolute Gasteiger partial charge is 0.497 e. The topological polar surface area (TPSA) is 34.4 Å². The molecular weight excluding hydrogens is 230 g/mol. The van der Waals surface area contributed by atoms with Gasteiger partial charge in [0, 0.05) is 0 Å². The first-order valence-corrected chi connectivity index (χ1v) is 5.55. The van der Waals surface area contributed by atoms with Crippen LogP contribution in [0.5, 0.6) is 11.6 Å². The van der Waals surface area contributed by atoms with E-state index in [1.54, 1.807) is 17.1 Å². The molecule has 3 nitrogen and oxygen atoms in total. The van der Waals surface area contributed by atoms with E-state index in [-0.39, 0.29) is 5.88 Å². The lowest BCUT2D eigenvalue weighted by atomic mass is 10.3. The molecule has 0 spiro atoms. The van der Waals surface area contributed by atoms with E-state index in [2.05, 4.69) is 0 Å². The lowest BCUT2D eigenvalue weighted by Gasteiger charge is -2.05. The summed E-state index contributed by atoms with van der Waals surface area (Å²) in [6, 6.07) is 7.35. The summed E-state index contributed by atoms with van der Waals surface area (Å²) in [5, 5.41) is 11.2. The third kappa shape index (κ3) is 1.88. The zero-order valence-corrected chi connectivity index (χ0v) is 9.64. The molecule has 0 saturated heterocycles. The van der Waals surface area contributed by atoms with E-state index in [1.807, 2.05) is 24.3 Å². The summed E-state index contributed by atoms with van der Waals surface area (Å²) in [5.41, 5.74) is 0.833. The van der Waals surface area contributed by atoms with Crippen LogP contribution in [0.15, 0.2) is 29.6 Å². The van der Waals surface area contributed by atoms with Crippen LogP contribution in [-0.2, 0) is 0 Å². The van der Waals surface area contributed by atoms with Crippen molar-refractivity contribution in [2.75, 3.05) is 7.11 Å². The maximum atomic E-state index is 9.59. The van der Waals surface area contributed by atoms with E-state index in [9.17, 15) is 5.11 Å². The molecular formula is C10H9NO2S2. The summed E-state index contributed by atoms with van der Waals surface area (Å²) >= 11 is 6.44. The highest BCUT2D eigenvalue weighted by Crippen LogP contribution is 2.24. The summed E-state index contributed by atoms with van der Waals surface area (Å²) in [7, 11) is 1.61. The van der Waals surface area contributed by atoms with Gasteiger partial charge in [-0.05, 0) is 36.5 Å². The van der Waals surface area contributed by atoms with Crippen LogP contribution >= 0.6 is 23.6 Å². The Morgan fingerprint density at radius 2 is 2.00 bits per heavy atom. The van der Waals surface area contributed by atoms with Gasteiger partial charge in [0.15, 0.2) is 3.95 Å². The quantitative estimate of drug-likeness (QED) is 0.818. The fourth-order valence-corrected chi connectivity index (χ4v) is 2.23. The highest BCUT2D eigenvalue weighted by Gasteiger charge is 2.04. The number of hydrogen-bond acceptors (Lipinski definition) is 4. The van der Waals surface area contributed by atoms with E-state index in [0.29, 0.717) is 3.95 Å². The minimum Gasteiger partial charge on any atom is -0.497 e. The average Bonchev–Trinajstić information content (AvgIpc) is 2.59. The maximum Gasteiger partial charge on any atom is 0.207 e. The van der Waals surface area contributed by atoms with Crippen molar-refractivity contribution in [3.8, 4) is 17.3 Å². The second kappa shape index (κ2) is 4.04. The molecule has 1 aromatic carbocycles. The Labute approximate surface area is 96.2 Å². The monoisotopic (exact) mass is 239 g/mol. The van der Waals surface area contributed by atoms with Crippen LogP contribution in [0.4, 0.5) is 0 Å². The van der Waals surface area contributed by atoms with Gasteiger partial charge in [0.2, 0.25) is 5.88 Å². The van der Waals surface area contributed by atoms with Gasteiger partial charge < -0.3 is 9.84 Å². The normalized spacial score (nSPS) is 10.2. The van der Waals surface area contributed by atoms with Gasteiger partial charge in [-0.2, -0.15) is 0 Å². The minimum atomic E-state index is 0.162. The molecule has 0 unspecified atom stereocenters. The van der Waals surface area contributed by atoms with Crippen molar-refractivity contribution < 1.29 is 9.84 Å². The lowest BCUT2D eigenvalue weighted by Crippen LogP contribution is -1.92. The molecule has 0 atom stereocenters. The SMILES string of the molecule is COc1ccc(-n2c(O)csc2=S)cc1. The van der Waals surface area contributed by atoms with E-state index >= 15 is 0 Å². The molecule has 0 aliphatic carbocycles. The number of aromatic nitrogens is 1. The number of rotatable bonds is 2. The summed E-state index contributed by atoms with van der Waals surface area (Å²) in [5.74, 6) is 0.940. The number of nitrogens with zero attached hydrogens (tertiary/aromatic N) is 1. The lowest BCUT2D eigenvalue weighted by molar-refractivity contribution is 0.414. The fraction of sp³-hybridized carbons (Fsp3) is 0.100. The molecule has 0 fully saturated rings. The molecule has 0 bridgehead atoms. The van der Waals surface area contributed by atoms with E-state index in [1.165, 1.54) is 11.3 Å². The van der Waals surface area contributed by atoms with Crippen LogP contribution in [0.25, 0.3) is 5.69 Å². The molecule has 2 rings (SSSR count). The van der Waals surface area contributed by atoms with Crippen molar-refractivity contribution in [3.05, 3.63) is 33.6 Å². The Bertz CT molecular complexity index is 513. The maximum absolute atomic E-state index is 9.59. The molecule has 1 heterocycles. The molecule has 0 amide bonds. The standard InChI is InChI=1S/C10H9NO2S2/c1-13-8-4-2-7(3-5-8)11-9(12)6-15-10(11)14/h2-6,12H,1H3. The first-order chi connectivity index (χ1) is 7.22. The third-order valence-corrected chi connectivity index (χ3v) is 3.19. The molecule has 15 heavy (non-hydrogen) atoms. The van der Waals surface area contributed by atoms with E-state index in [0.717, 1.165) is 11.4 Å². The third-order valence-electron chi connectivity index (χ3n) is 2.01. The Balaban J connectivity index is 2.50. The van der Waals surface area contributed by atoms with Gasteiger partial charge in [0.25, 0.3) is 0 Å². The number of ether oxygens (including phenoxy) is 1. The van der Waals surface area contributed by atoms with Crippen molar-refractivity contribution in [3.63, 3.8) is 0 Å². The van der Waals surface area contributed by atoms with Crippen LogP contribution in [0.3, 0.4) is 0 Å². The van der Waals surface area contributed by atoms with Crippen molar-refractivity contribution >= 4 is 23.6 Å². The Morgan fingerprint density at radius 3 is 2.47 bits per heavy atom. The molecule has 5 heteroatoms. The number of benzene rings is 1. The van der Waals surface area contributed by atoms with Gasteiger partial charge in [0.05, 0.1) is 18.2 Å². The first kappa shape index (κ1) is 10.2. The van der Waals surface area contributed by atoms with Gasteiger partial charge >= 0.3 is 0 Å². The van der Waals surface area contributed by atoms with Crippen LogP contribution in [0.1, 0.15) is 0 Å². The van der Waals surface area contributed by atoms with Crippen molar-refractivity contribution in [1.29, 1.82) is 0 Å². The van der Waals surface area contributed by atoms with E-state index in [4.69, 9.17) is 17.0 Å². The van der Waals surface area contributed by atoms with Crippen LogP contribution in [-0.4, -0.2) is 16.8 Å².